The van der Waals surface area contributed by atoms with E-state index in [-0.39, 0.29) is 5.41 Å². The van der Waals surface area contributed by atoms with Crippen LogP contribution in [0.3, 0.4) is 0 Å². The summed E-state index contributed by atoms with van der Waals surface area (Å²) in [5.41, 5.74) is 9.56. The van der Waals surface area contributed by atoms with E-state index in [9.17, 15) is 0 Å². The second-order valence-electron chi connectivity index (χ2n) is 6.41. The van der Waals surface area contributed by atoms with E-state index in [0.29, 0.717) is 11.7 Å². The molecule has 2 nitrogen and oxygen atoms in total. The van der Waals surface area contributed by atoms with Crippen molar-refractivity contribution in [3.63, 3.8) is 0 Å². The first-order valence-electron chi connectivity index (χ1n) is 7.65. The molecule has 1 fully saturated rings. The fraction of sp³-hybridized carbons (Fsp3) is 0.500. The van der Waals surface area contributed by atoms with Crippen LogP contribution in [0.15, 0.2) is 18.2 Å². The molecule has 20 heavy (non-hydrogen) atoms. The predicted molar refractivity (Wildman–Crippen MR) is 88.4 cm³/mol. The Morgan fingerprint density at radius 3 is 2.40 bits per heavy atom. The average Bonchev–Trinajstić information content (AvgIpc) is 3.20. The zero-order chi connectivity index (χ0) is 14.8. The Kier molecular flexibility index (Phi) is 4.32. The molecule has 2 heteroatoms. The van der Waals surface area contributed by atoms with Gasteiger partial charge in [0.1, 0.15) is 5.82 Å². The lowest BCUT2D eigenvalue weighted by Gasteiger charge is -2.11. The Morgan fingerprint density at radius 2 is 1.80 bits per heavy atom. The maximum absolute atomic E-state index is 6.04. The molecule has 2 aliphatic carbocycles. The minimum atomic E-state index is 0.0925. The molecule has 0 aromatic carbocycles. The average molecular weight is 270 g/mol. The van der Waals surface area contributed by atoms with E-state index in [2.05, 4.69) is 63.0 Å². The highest BCUT2D eigenvalue weighted by Crippen LogP contribution is 2.43. The van der Waals surface area contributed by atoms with Crippen molar-refractivity contribution in [2.45, 2.75) is 52.9 Å². The van der Waals surface area contributed by atoms with Gasteiger partial charge in [-0.1, -0.05) is 52.3 Å². The van der Waals surface area contributed by atoms with Crippen molar-refractivity contribution in [2.75, 3.05) is 5.73 Å². The van der Waals surface area contributed by atoms with E-state index < -0.39 is 0 Å². The van der Waals surface area contributed by atoms with Gasteiger partial charge in [0.25, 0.3) is 0 Å². The molecule has 0 saturated heterocycles. The highest BCUT2D eigenvalue weighted by Gasteiger charge is 2.27. The Bertz CT molecular complexity index is 535. The van der Waals surface area contributed by atoms with Crippen molar-refractivity contribution < 1.29 is 0 Å². The number of fused-ring (bicyclic) bond motifs is 1. The standard InChI is InChI=1S/C15H18N2.C3H8/c1-15(2)7-5-11-9-12(10-3-4-10)14(16)17-13(11)6-8-15;1-3-2/h5-10H,3-4H2,1-2H3,(H2,16,17);3H2,1-2H3. The Morgan fingerprint density at radius 1 is 1.20 bits per heavy atom. The highest BCUT2D eigenvalue weighted by molar-refractivity contribution is 5.69. The number of pyridine rings is 1. The molecule has 0 aliphatic heterocycles. The van der Waals surface area contributed by atoms with E-state index >= 15 is 0 Å². The second-order valence-corrected chi connectivity index (χ2v) is 6.41. The summed E-state index contributed by atoms with van der Waals surface area (Å²) in [4.78, 5) is 4.54. The molecule has 0 radical (unpaired) electrons. The summed E-state index contributed by atoms with van der Waals surface area (Å²) in [6.07, 6.45) is 12.4. The molecular weight excluding hydrogens is 244 g/mol. The number of nitrogens with zero attached hydrogens (tertiary/aromatic N) is 1. The van der Waals surface area contributed by atoms with Crippen molar-refractivity contribution in [1.82, 2.24) is 4.98 Å². The van der Waals surface area contributed by atoms with Crippen LogP contribution >= 0.6 is 0 Å². The number of aromatic nitrogens is 1. The Hall–Kier alpha value is -1.57. The first kappa shape index (κ1) is 14.8. The first-order valence-corrected chi connectivity index (χ1v) is 7.65. The minimum absolute atomic E-state index is 0.0925. The van der Waals surface area contributed by atoms with Gasteiger partial charge in [0.15, 0.2) is 0 Å². The third-order valence-electron chi connectivity index (χ3n) is 3.52. The SMILES string of the molecule is CC1(C)C=Cc2cc(C3CC3)c(N)nc2C=C1.CCC. The summed E-state index contributed by atoms with van der Waals surface area (Å²) in [6, 6.07) is 2.22. The lowest BCUT2D eigenvalue weighted by Crippen LogP contribution is -2.00. The van der Waals surface area contributed by atoms with Crippen LogP contribution in [0.2, 0.25) is 0 Å². The summed E-state index contributed by atoms with van der Waals surface area (Å²) in [6.45, 7) is 8.63. The summed E-state index contributed by atoms with van der Waals surface area (Å²) in [5, 5.41) is 0. The van der Waals surface area contributed by atoms with Crippen LogP contribution in [0.1, 0.15) is 69.7 Å². The molecule has 2 N–H and O–H groups in total. The van der Waals surface area contributed by atoms with Crippen LogP contribution in [-0.4, -0.2) is 4.98 Å². The molecule has 0 bridgehead atoms. The van der Waals surface area contributed by atoms with Gasteiger partial charge in [-0.2, -0.15) is 0 Å². The molecule has 0 atom stereocenters. The molecular formula is C18H26N2. The molecule has 1 aromatic rings. The van der Waals surface area contributed by atoms with Crippen LogP contribution < -0.4 is 5.73 Å². The summed E-state index contributed by atoms with van der Waals surface area (Å²) >= 11 is 0. The van der Waals surface area contributed by atoms with Crippen LogP contribution in [0.25, 0.3) is 12.2 Å². The van der Waals surface area contributed by atoms with Crippen molar-refractivity contribution >= 4 is 18.0 Å². The van der Waals surface area contributed by atoms with Gasteiger partial charge in [0.05, 0.1) is 5.69 Å². The molecule has 108 valence electrons. The number of nitrogen functional groups attached to an aromatic ring is 1. The van der Waals surface area contributed by atoms with Crippen molar-refractivity contribution in [2.24, 2.45) is 5.41 Å². The third-order valence-corrected chi connectivity index (χ3v) is 3.52. The molecule has 1 heterocycles. The molecule has 1 saturated carbocycles. The van der Waals surface area contributed by atoms with E-state index in [0.717, 1.165) is 5.69 Å². The van der Waals surface area contributed by atoms with Gasteiger partial charge in [0.2, 0.25) is 0 Å². The van der Waals surface area contributed by atoms with Gasteiger partial charge in [-0.15, -0.1) is 0 Å². The lowest BCUT2D eigenvalue weighted by atomic mass is 9.93. The maximum atomic E-state index is 6.04. The van der Waals surface area contributed by atoms with Gasteiger partial charge in [-0.05, 0) is 36.5 Å². The number of hydrogen-bond donors (Lipinski definition) is 1. The van der Waals surface area contributed by atoms with Crippen molar-refractivity contribution in [1.29, 1.82) is 0 Å². The molecule has 2 aliphatic rings. The second kappa shape index (κ2) is 5.82. The van der Waals surface area contributed by atoms with Gasteiger partial charge in [-0.25, -0.2) is 4.98 Å². The van der Waals surface area contributed by atoms with Crippen LogP contribution in [0, 0.1) is 5.41 Å². The number of rotatable bonds is 1. The zero-order valence-corrected chi connectivity index (χ0v) is 13.1. The Balaban J connectivity index is 0.000000452. The fourth-order valence-corrected chi connectivity index (χ4v) is 2.22. The fourth-order valence-electron chi connectivity index (χ4n) is 2.22. The van der Waals surface area contributed by atoms with Gasteiger partial charge < -0.3 is 5.73 Å². The highest BCUT2D eigenvalue weighted by atomic mass is 14.8. The summed E-state index contributed by atoms with van der Waals surface area (Å²) < 4.78 is 0. The number of hydrogen-bond acceptors (Lipinski definition) is 2. The predicted octanol–water partition coefficient (Wildman–Crippen LogP) is 5.02. The molecule has 0 amide bonds. The Labute approximate surface area is 122 Å². The number of anilines is 1. The zero-order valence-electron chi connectivity index (χ0n) is 13.1. The van der Waals surface area contributed by atoms with E-state index in [4.69, 9.17) is 5.73 Å². The minimum Gasteiger partial charge on any atom is -0.383 e. The van der Waals surface area contributed by atoms with Gasteiger partial charge in [0, 0.05) is 11.0 Å². The van der Waals surface area contributed by atoms with Crippen LogP contribution in [0.5, 0.6) is 0 Å². The molecule has 0 spiro atoms. The lowest BCUT2D eigenvalue weighted by molar-refractivity contribution is 0.633. The van der Waals surface area contributed by atoms with Crippen LogP contribution in [-0.2, 0) is 0 Å². The van der Waals surface area contributed by atoms with E-state index in [1.807, 2.05) is 0 Å². The monoisotopic (exact) mass is 270 g/mol. The van der Waals surface area contributed by atoms with Crippen LogP contribution in [0.4, 0.5) is 5.82 Å². The largest absolute Gasteiger partial charge is 0.383 e. The van der Waals surface area contributed by atoms with E-state index in [1.165, 1.54) is 30.4 Å². The normalized spacial score (nSPS) is 18.8. The smallest absolute Gasteiger partial charge is 0.127 e. The topological polar surface area (TPSA) is 38.9 Å². The van der Waals surface area contributed by atoms with Crippen molar-refractivity contribution in [3.8, 4) is 0 Å². The van der Waals surface area contributed by atoms with Crippen molar-refractivity contribution in [3.05, 3.63) is 35.0 Å². The third kappa shape index (κ3) is 3.50. The van der Waals surface area contributed by atoms with Gasteiger partial charge >= 0.3 is 0 Å². The first-order chi connectivity index (χ1) is 9.46. The summed E-state index contributed by atoms with van der Waals surface area (Å²) in [7, 11) is 0. The van der Waals surface area contributed by atoms with E-state index in [1.54, 1.807) is 0 Å². The maximum Gasteiger partial charge on any atom is 0.127 e. The number of nitrogens with two attached hydrogens (primary N) is 1. The quantitative estimate of drug-likeness (QED) is 0.777. The molecule has 3 rings (SSSR count). The molecule has 0 unspecified atom stereocenters. The molecule has 1 aromatic heterocycles. The van der Waals surface area contributed by atoms with Gasteiger partial charge in [-0.3, -0.25) is 0 Å². The number of allylic oxidation sites excluding steroid dienone is 2. The summed E-state index contributed by atoms with van der Waals surface area (Å²) in [5.74, 6) is 1.37.